The van der Waals surface area contributed by atoms with Crippen LogP contribution in [0.15, 0.2) is 33.0 Å². The van der Waals surface area contributed by atoms with Gasteiger partial charge in [-0.05, 0) is 25.0 Å². The first-order valence-corrected chi connectivity index (χ1v) is 7.62. The maximum Gasteiger partial charge on any atom is 0.332 e. The second kappa shape index (κ2) is 6.40. The highest BCUT2D eigenvalue weighted by Gasteiger charge is 2.25. The van der Waals surface area contributed by atoms with Crippen LogP contribution in [0.25, 0.3) is 0 Å². The zero-order chi connectivity index (χ0) is 17.3. The van der Waals surface area contributed by atoms with Crippen LogP contribution >= 0.6 is 0 Å². The van der Waals surface area contributed by atoms with E-state index in [1.807, 2.05) is 13.0 Å². The molecule has 0 bridgehead atoms. The summed E-state index contributed by atoms with van der Waals surface area (Å²) in [6.07, 6.45) is 3.83. The van der Waals surface area contributed by atoms with Crippen molar-refractivity contribution in [3.63, 3.8) is 0 Å². The largest absolute Gasteiger partial charge is 0.441 e. The standard InChI is InChI=1S/C16H18N4O4/c1-10-6-11(9-17-8-10)24-13-7-12-14(18-13)19(2)16(23)20(15(12)22)4-3-5-21/h6,8-9,21H,3-5,7H2,1-2H3. The van der Waals surface area contributed by atoms with E-state index in [9.17, 15) is 9.59 Å². The number of aryl methyl sites for hydroxylation is 1. The van der Waals surface area contributed by atoms with Gasteiger partial charge in [-0.3, -0.25) is 18.9 Å². The Bertz CT molecular complexity index is 927. The summed E-state index contributed by atoms with van der Waals surface area (Å²) in [7, 11) is 1.57. The summed E-state index contributed by atoms with van der Waals surface area (Å²) >= 11 is 0. The summed E-state index contributed by atoms with van der Waals surface area (Å²) in [4.78, 5) is 33.1. The normalized spacial score (nSPS) is 12.9. The summed E-state index contributed by atoms with van der Waals surface area (Å²) < 4.78 is 8.15. The van der Waals surface area contributed by atoms with Crippen LogP contribution in [0.3, 0.4) is 0 Å². The fourth-order valence-electron chi connectivity index (χ4n) is 2.63. The van der Waals surface area contributed by atoms with Crippen molar-refractivity contribution in [2.45, 2.75) is 26.3 Å². The number of aliphatic hydroxyl groups excluding tert-OH is 1. The van der Waals surface area contributed by atoms with Crippen LogP contribution in [0, 0.1) is 6.92 Å². The number of aromatic nitrogens is 3. The molecule has 0 atom stereocenters. The molecule has 0 saturated carbocycles. The molecule has 24 heavy (non-hydrogen) atoms. The molecule has 8 nitrogen and oxygen atoms in total. The van der Waals surface area contributed by atoms with Crippen LogP contribution in [0.1, 0.15) is 17.5 Å². The second-order valence-electron chi connectivity index (χ2n) is 5.66. The lowest BCUT2D eigenvalue weighted by molar-refractivity contribution is 0.277. The van der Waals surface area contributed by atoms with E-state index in [2.05, 4.69) is 9.98 Å². The van der Waals surface area contributed by atoms with Crippen molar-refractivity contribution in [2.24, 2.45) is 12.0 Å². The summed E-state index contributed by atoms with van der Waals surface area (Å²) in [6, 6.07) is 1.82. The lowest BCUT2D eigenvalue weighted by Gasteiger charge is -2.09. The number of fused-ring (bicyclic) bond motifs is 1. The Hall–Kier alpha value is -2.74. The minimum Gasteiger partial charge on any atom is -0.441 e. The third-order valence-electron chi connectivity index (χ3n) is 3.79. The van der Waals surface area contributed by atoms with E-state index in [0.717, 1.165) is 10.1 Å². The number of aliphatic hydroxyl groups is 1. The van der Waals surface area contributed by atoms with Crippen LogP contribution in [0.5, 0.6) is 5.75 Å². The van der Waals surface area contributed by atoms with Gasteiger partial charge in [-0.2, -0.15) is 4.99 Å². The molecule has 0 amide bonds. The zero-order valence-corrected chi connectivity index (χ0v) is 13.5. The predicted octanol–water partition coefficient (Wildman–Crippen LogP) is 0.298. The highest BCUT2D eigenvalue weighted by molar-refractivity contribution is 5.88. The monoisotopic (exact) mass is 330 g/mol. The molecule has 0 fully saturated rings. The van der Waals surface area contributed by atoms with E-state index >= 15 is 0 Å². The number of hydrogen-bond donors (Lipinski definition) is 1. The lowest BCUT2D eigenvalue weighted by atomic mass is 10.2. The molecule has 3 heterocycles. The molecule has 0 saturated heterocycles. The van der Waals surface area contributed by atoms with Gasteiger partial charge in [-0.1, -0.05) is 0 Å². The quantitative estimate of drug-likeness (QED) is 0.869. The molecule has 0 aromatic carbocycles. The van der Waals surface area contributed by atoms with Gasteiger partial charge in [0.1, 0.15) is 11.6 Å². The third-order valence-corrected chi connectivity index (χ3v) is 3.79. The summed E-state index contributed by atoms with van der Waals surface area (Å²) in [5, 5.41) is 8.93. The van der Waals surface area contributed by atoms with Gasteiger partial charge in [0.15, 0.2) is 0 Å². The highest BCUT2D eigenvalue weighted by atomic mass is 16.5. The van der Waals surface area contributed by atoms with E-state index in [1.165, 1.54) is 4.57 Å². The molecule has 2 aromatic rings. The van der Waals surface area contributed by atoms with Gasteiger partial charge in [0.2, 0.25) is 5.90 Å². The van der Waals surface area contributed by atoms with Gasteiger partial charge in [0.05, 0.1) is 18.2 Å². The van der Waals surface area contributed by atoms with Crippen LogP contribution in [0.4, 0.5) is 5.82 Å². The SMILES string of the molecule is Cc1cncc(OC2=Nc3c(c(=O)n(CCCO)c(=O)n3C)C2)c1. The van der Waals surface area contributed by atoms with Gasteiger partial charge in [-0.15, -0.1) is 0 Å². The average Bonchev–Trinajstić information content (AvgIpc) is 2.97. The molecule has 0 radical (unpaired) electrons. The Morgan fingerprint density at radius 1 is 1.33 bits per heavy atom. The Labute approximate surface area is 137 Å². The first-order valence-electron chi connectivity index (χ1n) is 7.62. The number of hydrogen-bond acceptors (Lipinski definition) is 6. The number of rotatable bonds is 4. The fraction of sp³-hybridized carbons (Fsp3) is 0.375. The Balaban J connectivity index is 1.94. The molecule has 0 unspecified atom stereocenters. The van der Waals surface area contributed by atoms with Gasteiger partial charge >= 0.3 is 5.69 Å². The van der Waals surface area contributed by atoms with Gasteiger partial charge in [-0.25, -0.2) is 4.79 Å². The van der Waals surface area contributed by atoms with Crippen LogP contribution in [-0.2, 0) is 20.0 Å². The number of ether oxygens (including phenoxy) is 1. The van der Waals surface area contributed by atoms with Crippen molar-refractivity contribution in [1.82, 2.24) is 14.1 Å². The molecule has 1 aliphatic heterocycles. The second-order valence-corrected chi connectivity index (χ2v) is 5.66. The van der Waals surface area contributed by atoms with Crippen molar-refractivity contribution in [3.05, 3.63) is 50.4 Å². The summed E-state index contributed by atoms with van der Waals surface area (Å²) in [5.74, 6) is 1.21. The molecular weight excluding hydrogens is 312 g/mol. The van der Waals surface area contributed by atoms with Gasteiger partial charge < -0.3 is 9.84 Å². The van der Waals surface area contributed by atoms with Crippen LogP contribution in [-0.4, -0.2) is 31.7 Å². The number of pyridine rings is 1. The first-order chi connectivity index (χ1) is 11.5. The summed E-state index contributed by atoms with van der Waals surface area (Å²) in [6.45, 7) is 1.99. The molecule has 8 heteroatoms. The van der Waals surface area contributed by atoms with Gasteiger partial charge in [0, 0.05) is 26.4 Å². The lowest BCUT2D eigenvalue weighted by Crippen LogP contribution is -2.40. The maximum atomic E-state index is 12.5. The Kier molecular flexibility index (Phi) is 4.30. The molecule has 0 spiro atoms. The highest BCUT2D eigenvalue weighted by Crippen LogP contribution is 2.23. The van der Waals surface area contributed by atoms with E-state index in [0.29, 0.717) is 29.4 Å². The number of nitrogens with zero attached hydrogens (tertiary/aromatic N) is 4. The van der Waals surface area contributed by atoms with E-state index in [1.54, 1.807) is 19.4 Å². The Morgan fingerprint density at radius 2 is 2.12 bits per heavy atom. The van der Waals surface area contributed by atoms with E-state index in [4.69, 9.17) is 9.84 Å². The van der Waals surface area contributed by atoms with Crippen molar-refractivity contribution in [2.75, 3.05) is 6.61 Å². The van der Waals surface area contributed by atoms with E-state index < -0.39 is 5.69 Å². The third kappa shape index (κ3) is 2.88. The molecule has 1 aliphatic rings. The van der Waals surface area contributed by atoms with Crippen LogP contribution < -0.4 is 16.0 Å². The molecule has 0 aliphatic carbocycles. The number of aliphatic imine (C=N–C) groups is 1. The van der Waals surface area contributed by atoms with Gasteiger partial charge in [0.25, 0.3) is 5.56 Å². The van der Waals surface area contributed by atoms with Crippen molar-refractivity contribution >= 4 is 11.7 Å². The molecule has 3 rings (SSSR count). The zero-order valence-electron chi connectivity index (χ0n) is 13.5. The summed E-state index contributed by atoms with van der Waals surface area (Å²) in [5.41, 5.74) is 0.536. The predicted molar refractivity (Wildman–Crippen MR) is 88.0 cm³/mol. The van der Waals surface area contributed by atoms with Crippen molar-refractivity contribution < 1.29 is 9.84 Å². The van der Waals surface area contributed by atoms with Crippen molar-refractivity contribution in [1.29, 1.82) is 0 Å². The van der Waals surface area contributed by atoms with E-state index in [-0.39, 0.29) is 25.1 Å². The maximum absolute atomic E-state index is 12.5. The molecule has 126 valence electrons. The molecule has 1 N–H and O–H groups in total. The average molecular weight is 330 g/mol. The minimum absolute atomic E-state index is 0.0854. The molecule has 2 aromatic heterocycles. The topological polar surface area (TPSA) is 98.7 Å². The fourth-order valence-corrected chi connectivity index (χ4v) is 2.63. The molecular formula is C16H18N4O4. The smallest absolute Gasteiger partial charge is 0.332 e. The van der Waals surface area contributed by atoms with Crippen molar-refractivity contribution in [3.8, 4) is 5.75 Å². The minimum atomic E-state index is -0.450. The van der Waals surface area contributed by atoms with Crippen LogP contribution in [0.2, 0.25) is 0 Å². The Morgan fingerprint density at radius 3 is 2.83 bits per heavy atom. The first kappa shape index (κ1) is 16.1.